The number of ether oxygens (including phenoxy) is 1. The average Bonchev–Trinajstić information content (AvgIpc) is 3.19. The van der Waals surface area contributed by atoms with Crippen molar-refractivity contribution in [2.24, 2.45) is 0 Å². The van der Waals surface area contributed by atoms with E-state index in [1.165, 1.54) is 17.7 Å². The lowest BCUT2D eigenvalue weighted by molar-refractivity contribution is 0.0507. The standard InChI is InChI=1S/C29H26FNO4/c1-18-25-23(34-27(18)28(33)31-16-6-9-19-7-4-3-5-8-19)14-15-24-26(25)22(32)17-29(2,35-24)20-10-12-21(30)13-11-20/h3-5,7-8,10-15H,6,9,16-17H2,1-2H3,(H,31,33). The topological polar surface area (TPSA) is 68.5 Å². The van der Waals surface area contributed by atoms with E-state index in [-0.39, 0.29) is 29.7 Å². The highest BCUT2D eigenvalue weighted by Crippen LogP contribution is 2.44. The molecule has 4 aromatic rings. The van der Waals surface area contributed by atoms with Gasteiger partial charge in [-0.1, -0.05) is 42.5 Å². The average molecular weight is 472 g/mol. The highest BCUT2D eigenvalue weighted by atomic mass is 19.1. The highest BCUT2D eigenvalue weighted by Gasteiger charge is 2.40. The lowest BCUT2D eigenvalue weighted by Crippen LogP contribution is -2.36. The Morgan fingerprint density at radius 1 is 1.06 bits per heavy atom. The molecule has 2 heterocycles. The van der Waals surface area contributed by atoms with Crippen molar-refractivity contribution >= 4 is 22.7 Å². The van der Waals surface area contributed by atoms with Crippen LogP contribution in [-0.2, 0) is 12.0 Å². The summed E-state index contributed by atoms with van der Waals surface area (Å²) in [7, 11) is 0. The molecule has 1 aromatic heterocycles. The van der Waals surface area contributed by atoms with Crippen molar-refractivity contribution in [3.8, 4) is 5.75 Å². The van der Waals surface area contributed by atoms with Crippen molar-refractivity contribution in [1.29, 1.82) is 0 Å². The number of aryl methyl sites for hydroxylation is 2. The van der Waals surface area contributed by atoms with Crippen molar-refractivity contribution in [3.05, 3.63) is 101 Å². The van der Waals surface area contributed by atoms with Gasteiger partial charge in [0.15, 0.2) is 11.5 Å². The number of amides is 1. The molecule has 0 saturated heterocycles. The molecule has 1 aliphatic heterocycles. The molecule has 3 aromatic carbocycles. The third kappa shape index (κ3) is 4.32. The molecule has 0 bridgehead atoms. The molecule has 1 atom stereocenters. The zero-order valence-corrected chi connectivity index (χ0v) is 19.7. The van der Waals surface area contributed by atoms with Crippen LogP contribution in [0.25, 0.3) is 11.0 Å². The van der Waals surface area contributed by atoms with Crippen LogP contribution >= 0.6 is 0 Å². The van der Waals surface area contributed by atoms with Crippen molar-refractivity contribution in [2.45, 2.75) is 38.7 Å². The molecule has 1 unspecified atom stereocenters. The predicted molar refractivity (Wildman–Crippen MR) is 131 cm³/mol. The Morgan fingerprint density at radius 3 is 2.54 bits per heavy atom. The Bertz CT molecular complexity index is 1410. The third-order valence-corrected chi connectivity index (χ3v) is 6.60. The zero-order valence-electron chi connectivity index (χ0n) is 19.7. The molecule has 5 rings (SSSR count). The molecule has 35 heavy (non-hydrogen) atoms. The van der Waals surface area contributed by atoms with Gasteiger partial charge in [-0.2, -0.15) is 0 Å². The summed E-state index contributed by atoms with van der Waals surface area (Å²) >= 11 is 0. The zero-order chi connectivity index (χ0) is 24.6. The highest BCUT2D eigenvalue weighted by molar-refractivity contribution is 6.13. The summed E-state index contributed by atoms with van der Waals surface area (Å²) in [6.07, 6.45) is 1.77. The lowest BCUT2D eigenvalue weighted by atomic mass is 9.84. The number of ketones is 1. The number of carbonyl (C=O) groups is 2. The summed E-state index contributed by atoms with van der Waals surface area (Å²) < 4.78 is 25.6. The Hall–Kier alpha value is -3.93. The maximum absolute atomic E-state index is 13.4. The number of halogens is 1. The minimum absolute atomic E-state index is 0.0936. The van der Waals surface area contributed by atoms with Crippen molar-refractivity contribution < 1.29 is 23.1 Å². The Labute approximate surface area is 202 Å². The number of carbonyl (C=O) groups excluding carboxylic acids is 2. The quantitative estimate of drug-likeness (QED) is 0.344. The van der Waals surface area contributed by atoms with E-state index in [9.17, 15) is 14.0 Å². The molecule has 1 amide bonds. The van der Waals surface area contributed by atoms with Gasteiger partial charge in [-0.15, -0.1) is 0 Å². The maximum Gasteiger partial charge on any atom is 0.287 e. The van der Waals surface area contributed by atoms with Crippen LogP contribution in [0.5, 0.6) is 5.75 Å². The van der Waals surface area contributed by atoms with Gasteiger partial charge < -0.3 is 14.5 Å². The largest absolute Gasteiger partial charge is 0.482 e. The number of Topliss-reactive ketones (excluding diaryl/α,β-unsaturated/α-hetero) is 1. The summed E-state index contributed by atoms with van der Waals surface area (Å²) in [6.45, 7) is 4.12. The first-order valence-electron chi connectivity index (χ1n) is 11.7. The van der Waals surface area contributed by atoms with Crippen LogP contribution in [0.15, 0.2) is 71.1 Å². The summed E-state index contributed by atoms with van der Waals surface area (Å²) in [5, 5.41) is 3.52. The SMILES string of the molecule is Cc1c(C(=O)NCCCc2ccccc2)oc2ccc3c(c12)C(=O)CC(C)(c1ccc(F)cc1)O3. The maximum atomic E-state index is 13.4. The van der Waals surface area contributed by atoms with Gasteiger partial charge in [-0.05, 0) is 62.1 Å². The summed E-state index contributed by atoms with van der Waals surface area (Å²) in [6, 6.07) is 19.5. The van der Waals surface area contributed by atoms with Gasteiger partial charge >= 0.3 is 0 Å². The van der Waals surface area contributed by atoms with Gasteiger partial charge in [-0.3, -0.25) is 9.59 Å². The molecular formula is C29H26FNO4. The molecule has 0 spiro atoms. The number of benzene rings is 3. The van der Waals surface area contributed by atoms with E-state index in [1.54, 1.807) is 31.2 Å². The van der Waals surface area contributed by atoms with Crippen molar-refractivity contribution in [2.75, 3.05) is 6.54 Å². The molecule has 0 saturated carbocycles. The first-order valence-corrected chi connectivity index (χ1v) is 11.7. The molecule has 1 aliphatic rings. The first-order chi connectivity index (χ1) is 16.9. The number of rotatable bonds is 6. The van der Waals surface area contributed by atoms with Crippen LogP contribution < -0.4 is 10.1 Å². The third-order valence-electron chi connectivity index (χ3n) is 6.60. The number of hydrogen-bond donors (Lipinski definition) is 1. The molecule has 5 nitrogen and oxygen atoms in total. The van der Waals surface area contributed by atoms with Gasteiger partial charge in [0.05, 0.1) is 12.0 Å². The molecule has 178 valence electrons. The fraction of sp³-hybridized carbons (Fsp3) is 0.241. The second kappa shape index (κ2) is 9.02. The minimum Gasteiger partial charge on any atom is -0.482 e. The lowest BCUT2D eigenvalue weighted by Gasteiger charge is -2.35. The molecule has 1 N–H and O–H groups in total. The minimum atomic E-state index is -0.915. The van der Waals surface area contributed by atoms with E-state index in [2.05, 4.69) is 17.4 Å². The van der Waals surface area contributed by atoms with Gasteiger partial charge in [0.1, 0.15) is 22.8 Å². The first kappa shape index (κ1) is 22.8. The van der Waals surface area contributed by atoms with Crippen molar-refractivity contribution in [3.63, 3.8) is 0 Å². The Balaban J connectivity index is 1.37. The van der Waals surface area contributed by atoms with Crippen molar-refractivity contribution in [1.82, 2.24) is 5.32 Å². The second-order valence-corrected chi connectivity index (χ2v) is 9.15. The van der Waals surface area contributed by atoms with Crippen LogP contribution in [0.4, 0.5) is 4.39 Å². The molecule has 0 fully saturated rings. The summed E-state index contributed by atoms with van der Waals surface area (Å²) in [5.41, 5.74) is 2.53. The van der Waals surface area contributed by atoms with Gasteiger partial charge in [0.25, 0.3) is 5.91 Å². The Morgan fingerprint density at radius 2 is 1.80 bits per heavy atom. The fourth-order valence-corrected chi connectivity index (χ4v) is 4.76. The Kier molecular flexibility index (Phi) is 5.89. The van der Waals surface area contributed by atoms with Crippen LogP contribution in [-0.4, -0.2) is 18.2 Å². The number of nitrogens with one attached hydrogen (secondary N) is 1. The van der Waals surface area contributed by atoms with E-state index >= 15 is 0 Å². The summed E-state index contributed by atoms with van der Waals surface area (Å²) in [4.78, 5) is 26.2. The molecule has 0 aliphatic carbocycles. The normalized spacial score (nSPS) is 17.2. The number of fused-ring (bicyclic) bond motifs is 3. The fourth-order valence-electron chi connectivity index (χ4n) is 4.76. The van der Waals surface area contributed by atoms with Crippen LogP contribution in [0, 0.1) is 12.7 Å². The van der Waals surface area contributed by atoms with Gasteiger partial charge in [-0.25, -0.2) is 4.39 Å². The van der Waals surface area contributed by atoms with E-state index < -0.39 is 5.60 Å². The van der Waals surface area contributed by atoms with Crippen LogP contribution in [0.3, 0.4) is 0 Å². The molecular weight excluding hydrogens is 445 g/mol. The number of furan rings is 1. The van der Waals surface area contributed by atoms with Gasteiger partial charge in [0, 0.05) is 17.5 Å². The smallest absolute Gasteiger partial charge is 0.287 e. The summed E-state index contributed by atoms with van der Waals surface area (Å²) in [5.74, 6) is -0.128. The molecule has 0 radical (unpaired) electrons. The van der Waals surface area contributed by atoms with E-state index in [1.807, 2.05) is 25.1 Å². The van der Waals surface area contributed by atoms with Crippen LogP contribution in [0.1, 0.15) is 57.4 Å². The molecule has 6 heteroatoms. The predicted octanol–water partition coefficient (Wildman–Crippen LogP) is 6.12. The van der Waals surface area contributed by atoms with Gasteiger partial charge in [0.2, 0.25) is 0 Å². The number of hydrogen-bond acceptors (Lipinski definition) is 4. The van der Waals surface area contributed by atoms with E-state index in [4.69, 9.17) is 9.15 Å². The monoisotopic (exact) mass is 471 g/mol. The van der Waals surface area contributed by atoms with E-state index in [0.717, 1.165) is 18.4 Å². The van der Waals surface area contributed by atoms with E-state index in [0.29, 0.717) is 34.4 Å². The van der Waals surface area contributed by atoms with Crippen LogP contribution in [0.2, 0.25) is 0 Å². The second-order valence-electron chi connectivity index (χ2n) is 9.15.